The number of aromatic nitrogens is 1. The fourth-order valence-electron chi connectivity index (χ4n) is 0.945. The van der Waals surface area contributed by atoms with Crippen molar-refractivity contribution in [2.75, 3.05) is 0 Å². The van der Waals surface area contributed by atoms with Gasteiger partial charge in [0.25, 0.3) is 5.56 Å². The molecule has 15 heavy (non-hydrogen) atoms. The van der Waals surface area contributed by atoms with Gasteiger partial charge in [0.1, 0.15) is 0 Å². The van der Waals surface area contributed by atoms with Crippen LogP contribution in [0, 0.1) is 0 Å². The Bertz CT molecular complexity index is 416. The summed E-state index contributed by atoms with van der Waals surface area (Å²) in [6, 6.07) is 1.25. The van der Waals surface area contributed by atoms with E-state index >= 15 is 0 Å². The molecule has 8 heteroatoms. The monoisotopic (exact) mass is 286 g/mol. The van der Waals surface area contributed by atoms with Crippen LogP contribution in [0.15, 0.2) is 15.5 Å². The third-order valence-electron chi connectivity index (χ3n) is 1.47. The van der Waals surface area contributed by atoms with Crippen molar-refractivity contribution in [2.24, 2.45) is 5.73 Å². The van der Waals surface area contributed by atoms with Gasteiger partial charge in [0.2, 0.25) is 0 Å². The predicted octanol–water partition coefficient (Wildman–Crippen LogP) is 1.49. The fraction of sp³-hybridized carbons (Fsp3) is 0.286. The number of hydrogen-bond donors (Lipinski definition) is 2. The summed E-state index contributed by atoms with van der Waals surface area (Å²) in [4.78, 5) is 13.2. The molecule has 0 bridgehead atoms. The summed E-state index contributed by atoms with van der Waals surface area (Å²) in [5, 5.41) is 0. The van der Waals surface area contributed by atoms with E-state index in [9.17, 15) is 18.0 Å². The molecule has 0 amide bonds. The molecule has 0 spiro atoms. The standard InChI is InChI=1S/C7H6BrF3N2O2/c8-4-1-3(2-12)5(6(14)13-4)15-7(9,10)11/h1H,2,12H2,(H,13,14). The van der Waals surface area contributed by atoms with E-state index < -0.39 is 17.7 Å². The molecule has 3 N–H and O–H groups in total. The smallest absolute Gasteiger partial charge is 0.400 e. The predicted molar refractivity (Wildman–Crippen MR) is 49.3 cm³/mol. The van der Waals surface area contributed by atoms with Gasteiger partial charge in [-0.1, -0.05) is 0 Å². The molecule has 1 rings (SSSR count). The Morgan fingerprint density at radius 3 is 2.60 bits per heavy atom. The molecule has 4 nitrogen and oxygen atoms in total. The van der Waals surface area contributed by atoms with E-state index in [0.717, 1.165) is 0 Å². The Labute approximate surface area is 90.4 Å². The first kappa shape index (κ1) is 12.1. The molecule has 84 valence electrons. The zero-order valence-corrected chi connectivity index (χ0v) is 8.78. The maximum atomic E-state index is 11.9. The lowest BCUT2D eigenvalue weighted by Crippen LogP contribution is -2.24. The highest BCUT2D eigenvalue weighted by Crippen LogP contribution is 2.23. The summed E-state index contributed by atoms with van der Waals surface area (Å²) < 4.78 is 39.5. The van der Waals surface area contributed by atoms with Gasteiger partial charge >= 0.3 is 6.36 Å². The number of rotatable bonds is 2. The zero-order valence-electron chi connectivity index (χ0n) is 7.19. The van der Waals surface area contributed by atoms with Crippen LogP contribution in [-0.2, 0) is 6.54 Å². The summed E-state index contributed by atoms with van der Waals surface area (Å²) >= 11 is 2.92. The number of alkyl halides is 3. The molecular weight excluding hydrogens is 281 g/mol. The fourth-order valence-corrected chi connectivity index (χ4v) is 1.40. The quantitative estimate of drug-likeness (QED) is 0.810. The normalized spacial score (nSPS) is 11.5. The van der Waals surface area contributed by atoms with Gasteiger partial charge in [-0.2, -0.15) is 0 Å². The highest BCUT2D eigenvalue weighted by Gasteiger charge is 2.33. The number of halogens is 4. The van der Waals surface area contributed by atoms with Gasteiger partial charge in [0.05, 0.1) is 4.60 Å². The minimum absolute atomic E-state index is 0.0250. The van der Waals surface area contributed by atoms with Crippen molar-refractivity contribution in [3.8, 4) is 5.75 Å². The number of H-pyrrole nitrogens is 1. The van der Waals surface area contributed by atoms with Gasteiger partial charge in [0, 0.05) is 12.1 Å². The molecule has 1 aromatic heterocycles. The molecule has 0 radical (unpaired) electrons. The maximum Gasteiger partial charge on any atom is 0.573 e. The average Bonchev–Trinajstić information content (AvgIpc) is 2.07. The van der Waals surface area contributed by atoms with Crippen molar-refractivity contribution < 1.29 is 17.9 Å². The Morgan fingerprint density at radius 2 is 2.13 bits per heavy atom. The number of hydrogen-bond acceptors (Lipinski definition) is 3. The molecule has 0 aliphatic carbocycles. The molecule has 0 saturated carbocycles. The summed E-state index contributed by atoms with van der Waals surface area (Å²) in [6.45, 7) is -0.228. The summed E-state index contributed by atoms with van der Waals surface area (Å²) in [7, 11) is 0. The third-order valence-corrected chi connectivity index (χ3v) is 1.90. The lowest BCUT2D eigenvalue weighted by molar-refractivity contribution is -0.275. The first-order valence-corrected chi connectivity index (χ1v) is 4.50. The second kappa shape index (κ2) is 4.23. The van der Waals surface area contributed by atoms with Crippen LogP contribution in [0.5, 0.6) is 5.75 Å². The number of nitrogens with two attached hydrogens (primary N) is 1. The topological polar surface area (TPSA) is 68.1 Å². The molecule has 0 fully saturated rings. The molecular formula is C7H6BrF3N2O2. The van der Waals surface area contributed by atoms with Crippen LogP contribution in [-0.4, -0.2) is 11.3 Å². The second-order valence-electron chi connectivity index (χ2n) is 2.55. The van der Waals surface area contributed by atoms with Gasteiger partial charge < -0.3 is 15.5 Å². The van der Waals surface area contributed by atoms with Gasteiger partial charge in [-0.15, -0.1) is 13.2 Å². The van der Waals surface area contributed by atoms with Crippen molar-refractivity contribution in [1.29, 1.82) is 0 Å². The van der Waals surface area contributed by atoms with Crippen molar-refractivity contribution in [3.05, 3.63) is 26.6 Å². The number of ether oxygens (including phenoxy) is 1. The van der Waals surface area contributed by atoms with Crippen molar-refractivity contribution >= 4 is 15.9 Å². The summed E-state index contributed by atoms with van der Waals surface area (Å²) in [6.07, 6.45) is -4.91. The van der Waals surface area contributed by atoms with E-state index in [1.54, 1.807) is 0 Å². The zero-order chi connectivity index (χ0) is 11.6. The molecule has 0 atom stereocenters. The van der Waals surface area contributed by atoms with E-state index in [0.29, 0.717) is 0 Å². The van der Waals surface area contributed by atoms with Gasteiger partial charge in [0.15, 0.2) is 5.75 Å². The largest absolute Gasteiger partial charge is 0.573 e. The number of aromatic amines is 1. The van der Waals surface area contributed by atoms with Crippen LogP contribution in [0.3, 0.4) is 0 Å². The molecule has 0 aliphatic heterocycles. The molecule has 1 aromatic rings. The van der Waals surface area contributed by atoms with Crippen LogP contribution in [0.4, 0.5) is 13.2 Å². The van der Waals surface area contributed by atoms with E-state index in [-0.39, 0.29) is 16.7 Å². The molecule has 1 heterocycles. The first-order chi connectivity index (χ1) is 6.83. The lowest BCUT2D eigenvalue weighted by atomic mass is 10.2. The van der Waals surface area contributed by atoms with E-state index in [1.165, 1.54) is 6.07 Å². The van der Waals surface area contributed by atoms with Crippen LogP contribution >= 0.6 is 15.9 Å². The van der Waals surface area contributed by atoms with Crippen LogP contribution in [0.1, 0.15) is 5.56 Å². The highest BCUT2D eigenvalue weighted by molar-refractivity contribution is 9.10. The van der Waals surface area contributed by atoms with Gasteiger partial charge in [-0.05, 0) is 22.0 Å². The summed E-state index contributed by atoms with van der Waals surface area (Å²) in [5.41, 5.74) is 4.18. The minimum Gasteiger partial charge on any atom is -0.400 e. The van der Waals surface area contributed by atoms with Crippen LogP contribution < -0.4 is 16.0 Å². The summed E-state index contributed by atoms with van der Waals surface area (Å²) in [5.74, 6) is -0.826. The third kappa shape index (κ3) is 3.24. The van der Waals surface area contributed by atoms with Gasteiger partial charge in [-0.3, -0.25) is 4.79 Å². The highest BCUT2D eigenvalue weighted by atomic mass is 79.9. The lowest BCUT2D eigenvalue weighted by Gasteiger charge is -2.11. The molecule has 0 saturated heterocycles. The first-order valence-electron chi connectivity index (χ1n) is 3.71. The number of nitrogens with one attached hydrogen (secondary N) is 1. The Morgan fingerprint density at radius 1 is 1.53 bits per heavy atom. The molecule has 0 aromatic carbocycles. The Balaban J connectivity index is 3.22. The van der Waals surface area contributed by atoms with Crippen molar-refractivity contribution in [1.82, 2.24) is 4.98 Å². The van der Waals surface area contributed by atoms with Crippen LogP contribution in [0.2, 0.25) is 0 Å². The number of pyridine rings is 1. The Hall–Kier alpha value is -1.02. The van der Waals surface area contributed by atoms with E-state index in [1.807, 2.05) is 0 Å². The van der Waals surface area contributed by atoms with Crippen LogP contribution in [0.25, 0.3) is 0 Å². The van der Waals surface area contributed by atoms with E-state index in [4.69, 9.17) is 5.73 Å². The minimum atomic E-state index is -4.91. The van der Waals surface area contributed by atoms with E-state index in [2.05, 4.69) is 25.7 Å². The Kier molecular flexibility index (Phi) is 3.40. The second-order valence-corrected chi connectivity index (χ2v) is 3.41. The van der Waals surface area contributed by atoms with Crippen molar-refractivity contribution in [3.63, 3.8) is 0 Å². The average molecular weight is 287 g/mol. The van der Waals surface area contributed by atoms with Crippen molar-refractivity contribution in [2.45, 2.75) is 12.9 Å². The molecule has 0 aliphatic rings. The van der Waals surface area contributed by atoms with Gasteiger partial charge in [-0.25, -0.2) is 0 Å². The maximum absolute atomic E-state index is 11.9. The SMILES string of the molecule is NCc1cc(Br)[nH]c(=O)c1OC(F)(F)F. The molecule has 0 unspecified atom stereocenters.